The van der Waals surface area contributed by atoms with Crippen LogP contribution in [0.2, 0.25) is 5.02 Å². The van der Waals surface area contributed by atoms with Gasteiger partial charge in [-0.15, -0.1) is 0 Å². The molecule has 0 unspecified atom stereocenters. The lowest BCUT2D eigenvalue weighted by molar-refractivity contribution is -0.123. The molecule has 1 N–H and O–H groups in total. The summed E-state index contributed by atoms with van der Waals surface area (Å²) in [5.41, 5.74) is 5.46. The number of amides is 1. The number of hydrazone groups is 1. The zero-order valence-corrected chi connectivity index (χ0v) is 17.4. The van der Waals surface area contributed by atoms with Crippen molar-refractivity contribution in [3.05, 3.63) is 76.5 Å². The lowest BCUT2D eigenvalue weighted by Crippen LogP contribution is -2.24. The third kappa shape index (κ3) is 5.72. The fraction of sp³-hybridized carbons (Fsp3) is 0.217. The third-order valence-corrected chi connectivity index (χ3v) is 4.50. The minimum Gasteiger partial charge on any atom is -0.483 e. The van der Waals surface area contributed by atoms with Crippen LogP contribution in [-0.4, -0.2) is 18.7 Å². The van der Waals surface area contributed by atoms with E-state index in [0.717, 1.165) is 22.4 Å². The summed E-state index contributed by atoms with van der Waals surface area (Å²) in [6.07, 6.45) is 1.44. The maximum atomic E-state index is 12.0. The smallest absolute Gasteiger partial charge is 0.277 e. The predicted octanol–water partition coefficient (Wildman–Crippen LogP) is 5.56. The van der Waals surface area contributed by atoms with Gasteiger partial charge in [0.2, 0.25) is 0 Å². The fourth-order valence-corrected chi connectivity index (χ4v) is 3.00. The molecule has 0 saturated heterocycles. The highest BCUT2D eigenvalue weighted by atomic mass is 35.5. The Kier molecular flexibility index (Phi) is 6.73. The predicted molar refractivity (Wildman–Crippen MR) is 116 cm³/mol. The quantitative estimate of drug-likeness (QED) is 0.409. The Hall–Kier alpha value is -3.05. The molecule has 0 aliphatic carbocycles. The molecule has 29 heavy (non-hydrogen) atoms. The van der Waals surface area contributed by atoms with Gasteiger partial charge < -0.3 is 9.15 Å². The normalized spacial score (nSPS) is 11.2. The molecule has 0 atom stereocenters. The van der Waals surface area contributed by atoms with Gasteiger partial charge in [0, 0.05) is 10.6 Å². The van der Waals surface area contributed by atoms with Crippen molar-refractivity contribution < 1.29 is 13.9 Å². The first kappa shape index (κ1) is 20.7. The molecule has 3 aromatic rings. The Bertz CT molecular complexity index is 1020. The summed E-state index contributed by atoms with van der Waals surface area (Å²) in [6.45, 7) is 6.04. The average Bonchev–Trinajstić information content (AvgIpc) is 3.15. The van der Waals surface area contributed by atoms with E-state index in [1.54, 1.807) is 12.1 Å². The monoisotopic (exact) mass is 410 g/mol. The summed E-state index contributed by atoms with van der Waals surface area (Å²) in [4.78, 5) is 12.0. The number of nitrogens with one attached hydrogen (secondary N) is 1. The van der Waals surface area contributed by atoms with Gasteiger partial charge in [0.25, 0.3) is 5.91 Å². The van der Waals surface area contributed by atoms with Gasteiger partial charge in [0.1, 0.15) is 17.3 Å². The molecule has 0 radical (unpaired) electrons. The topological polar surface area (TPSA) is 63.8 Å². The van der Waals surface area contributed by atoms with Gasteiger partial charge in [-0.25, -0.2) is 5.43 Å². The molecule has 1 amide bonds. The SMILES string of the molecule is Cc1ccc(C(C)C)c(OCC(=O)N/N=C/c2ccc(-c3cccc(Cl)c3)o2)c1. The average molecular weight is 411 g/mol. The number of carbonyl (C=O) groups excluding carboxylic acids is 1. The van der Waals surface area contributed by atoms with Crippen molar-refractivity contribution in [3.8, 4) is 17.1 Å². The molecule has 5 nitrogen and oxygen atoms in total. The number of nitrogens with zero attached hydrogens (tertiary/aromatic N) is 1. The van der Waals surface area contributed by atoms with Crippen LogP contribution < -0.4 is 10.2 Å². The van der Waals surface area contributed by atoms with Crippen molar-refractivity contribution in [2.24, 2.45) is 5.10 Å². The van der Waals surface area contributed by atoms with E-state index in [1.807, 2.05) is 49.4 Å². The van der Waals surface area contributed by atoms with Gasteiger partial charge >= 0.3 is 0 Å². The van der Waals surface area contributed by atoms with Crippen LogP contribution in [0.1, 0.15) is 36.7 Å². The lowest BCUT2D eigenvalue weighted by atomic mass is 10.0. The third-order valence-electron chi connectivity index (χ3n) is 4.27. The molecule has 1 aromatic heterocycles. The van der Waals surface area contributed by atoms with Crippen molar-refractivity contribution in [3.63, 3.8) is 0 Å². The van der Waals surface area contributed by atoms with Crippen molar-refractivity contribution >= 4 is 23.7 Å². The minimum absolute atomic E-state index is 0.119. The number of halogens is 1. The highest BCUT2D eigenvalue weighted by Crippen LogP contribution is 2.27. The second kappa shape index (κ2) is 9.43. The standard InChI is InChI=1S/C23H23ClN2O3/c1-15(2)20-9-7-16(3)11-22(20)28-14-23(27)26-25-13-19-8-10-21(29-19)17-5-4-6-18(24)12-17/h4-13,15H,14H2,1-3H3,(H,26,27)/b25-13+. The maximum Gasteiger partial charge on any atom is 0.277 e. The van der Waals surface area contributed by atoms with E-state index in [9.17, 15) is 4.79 Å². The van der Waals surface area contributed by atoms with Gasteiger partial charge in [-0.3, -0.25) is 4.79 Å². The Morgan fingerprint density at radius 3 is 2.79 bits per heavy atom. The largest absolute Gasteiger partial charge is 0.483 e. The van der Waals surface area contributed by atoms with Crippen LogP contribution in [0.3, 0.4) is 0 Å². The summed E-state index contributed by atoms with van der Waals surface area (Å²) in [7, 11) is 0. The van der Waals surface area contributed by atoms with Gasteiger partial charge in [-0.1, -0.05) is 49.7 Å². The van der Waals surface area contributed by atoms with Gasteiger partial charge in [-0.05, 0) is 54.3 Å². The second-order valence-electron chi connectivity index (χ2n) is 6.99. The molecule has 2 aromatic carbocycles. The number of hydrogen-bond donors (Lipinski definition) is 1. The molecule has 0 bridgehead atoms. The van der Waals surface area contributed by atoms with Gasteiger partial charge in [0.05, 0.1) is 6.21 Å². The second-order valence-corrected chi connectivity index (χ2v) is 7.43. The molecule has 0 fully saturated rings. The maximum absolute atomic E-state index is 12.0. The number of furan rings is 1. The first-order chi connectivity index (χ1) is 13.9. The van der Waals surface area contributed by atoms with Crippen LogP contribution in [0.4, 0.5) is 0 Å². The molecule has 6 heteroatoms. The lowest BCUT2D eigenvalue weighted by Gasteiger charge is -2.14. The van der Waals surface area contributed by atoms with Crippen molar-refractivity contribution in [1.82, 2.24) is 5.43 Å². The number of aryl methyl sites for hydroxylation is 1. The van der Waals surface area contributed by atoms with E-state index in [2.05, 4.69) is 24.4 Å². The Labute approximate surface area is 175 Å². The summed E-state index contributed by atoms with van der Waals surface area (Å²) < 4.78 is 11.4. The van der Waals surface area contributed by atoms with E-state index in [1.165, 1.54) is 6.21 Å². The molecule has 1 heterocycles. The van der Waals surface area contributed by atoms with E-state index < -0.39 is 0 Å². The van der Waals surface area contributed by atoms with Gasteiger partial charge in [-0.2, -0.15) is 5.10 Å². The van der Waals surface area contributed by atoms with Crippen LogP contribution in [0.25, 0.3) is 11.3 Å². The number of hydrogen-bond acceptors (Lipinski definition) is 4. The van der Waals surface area contributed by atoms with Crippen LogP contribution >= 0.6 is 11.6 Å². The number of rotatable bonds is 7. The van der Waals surface area contributed by atoms with Crippen molar-refractivity contribution in [2.75, 3.05) is 6.61 Å². The van der Waals surface area contributed by atoms with E-state index in [0.29, 0.717) is 22.5 Å². The van der Waals surface area contributed by atoms with E-state index in [4.69, 9.17) is 20.8 Å². The molecule has 150 valence electrons. The summed E-state index contributed by atoms with van der Waals surface area (Å²) in [5, 5.41) is 4.56. The van der Waals surface area contributed by atoms with E-state index in [-0.39, 0.29) is 12.5 Å². The number of benzene rings is 2. The highest BCUT2D eigenvalue weighted by molar-refractivity contribution is 6.30. The highest BCUT2D eigenvalue weighted by Gasteiger charge is 2.10. The van der Waals surface area contributed by atoms with Crippen LogP contribution in [-0.2, 0) is 4.79 Å². The Morgan fingerprint density at radius 2 is 2.03 bits per heavy atom. The first-order valence-corrected chi connectivity index (χ1v) is 9.71. The molecule has 0 aliphatic rings. The number of ether oxygens (including phenoxy) is 1. The molecule has 3 rings (SSSR count). The van der Waals surface area contributed by atoms with Crippen LogP contribution in [0, 0.1) is 6.92 Å². The Morgan fingerprint density at radius 1 is 1.21 bits per heavy atom. The van der Waals surface area contributed by atoms with Crippen LogP contribution in [0.5, 0.6) is 5.75 Å². The minimum atomic E-state index is -0.348. The van der Waals surface area contributed by atoms with E-state index >= 15 is 0 Å². The molecular weight excluding hydrogens is 388 g/mol. The summed E-state index contributed by atoms with van der Waals surface area (Å²) in [5.74, 6) is 1.86. The fourth-order valence-electron chi connectivity index (χ4n) is 2.81. The van der Waals surface area contributed by atoms with Gasteiger partial charge in [0.15, 0.2) is 6.61 Å². The summed E-state index contributed by atoms with van der Waals surface area (Å²) >= 11 is 6.00. The molecular formula is C23H23ClN2O3. The number of carbonyl (C=O) groups is 1. The van der Waals surface area contributed by atoms with Crippen LogP contribution in [0.15, 0.2) is 64.1 Å². The Balaban J connectivity index is 1.55. The molecule has 0 aliphatic heterocycles. The van der Waals surface area contributed by atoms with Crippen molar-refractivity contribution in [1.29, 1.82) is 0 Å². The first-order valence-electron chi connectivity index (χ1n) is 9.33. The van der Waals surface area contributed by atoms with Crippen molar-refractivity contribution in [2.45, 2.75) is 26.7 Å². The molecule has 0 saturated carbocycles. The summed E-state index contributed by atoms with van der Waals surface area (Å²) in [6, 6.07) is 17.0. The molecule has 0 spiro atoms. The zero-order chi connectivity index (χ0) is 20.8. The zero-order valence-electron chi connectivity index (χ0n) is 16.6.